The normalized spacial score (nSPS) is 21.8. The Hall–Kier alpha value is -4.04. The van der Waals surface area contributed by atoms with Gasteiger partial charge in [0, 0.05) is 78.8 Å². The van der Waals surface area contributed by atoms with Gasteiger partial charge in [-0.2, -0.15) is 13.2 Å². The second-order valence-corrected chi connectivity index (χ2v) is 14.0. The number of aromatic nitrogens is 3. The molecule has 1 aromatic carbocycles. The Morgan fingerprint density at radius 2 is 1.75 bits per heavy atom. The highest BCUT2D eigenvalue weighted by Crippen LogP contribution is 2.37. The first-order valence-corrected chi connectivity index (χ1v) is 17.8. The predicted molar refractivity (Wildman–Crippen MR) is 190 cm³/mol. The number of likely N-dealkylation sites (N-methyl/N-ethyl adjacent to an activating group) is 1. The van der Waals surface area contributed by atoms with Crippen LogP contribution in [0.5, 0.6) is 0 Å². The summed E-state index contributed by atoms with van der Waals surface area (Å²) < 4.78 is 51.4. The number of halogens is 3. The van der Waals surface area contributed by atoms with Crippen molar-refractivity contribution in [2.24, 2.45) is 13.0 Å². The first kappa shape index (κ1) is 36.7. The zero-order valence-electron chi connectivity index (χ0n) is 29.6. The van der Waals surface area contributed by atoms with Crippen LogP contribution in [0.3, 0.4) is 0 Å². The fourth-order valence-electron chi connectivity index (χ4n) is 7.07. The lowest BCUT2D eigenvalue weighted by Crippen LogP contribution is -2.42. The first-order chi connectivity index (χ1) is 24.6. The molecule has 13 heteroatoms. The monoisotopic (exact) mass is 706 g/mol. The zero-order chi connectivity index (χ0) is 35.8. The van der Waals surface area contributed by atoms with Crippen molar-refractivity contribution in [1.82, 2.24) is 39.7 Å². The van der Waals surface area contributed by atoms with E-state index in [0.29, 0.717) is 50.5 Å². The molecule has 2 aromatic rings. The van der Waals surface area contributed by atoms with E-state index in [1.54, 1.807) is 18.3 Å². The minimum absolute atomic E-state index is 0.183. The van der Waals surface area contributed by atoms with Gasteiger partial charge >= 0.3 is 6.18 Å². The number of likely N-dealkylation sites (tertiary alicyclic amines) is 1. The fourth-order valence-corrected chi connectivity index (χ4v) is 7.07. The molecule has 2 fully saturated rings. The highest BCUT2D eigenvalue weighted by Gasteiger charge is 2.40. The maximum Gasteiger partial charge on any atom is 0.418 e. The third-order valence-electron chi connectivity index (χ3n) is 10.1. The molecule has 4 aliphatic rings. The van der Waals surface area contributed by atoms with Gasteiger partial charge in [0.05, 0.1) is 23.9 Å². The molecule has 1 aliphatic carbocycles. The van der Waals surface area contributed by atoms with Crippen LogP contribution in [0, 0.1) is 5.92 Å². The minimum atomic E-state index is -4.64. The molecule has 0 radical (unpaired) electrons. The number of hydrogen-bond acceptors (Lipinski definition) is 8. The van der Waals surface area contributed by atoms with E-state index in [1.807, 2.05) is 29.8 Å². The summed E-state index contributed by atoms with van der Waals surface area (Å²) in [5.41, 5.74) is 2.91. The number of hydrogen-bond donors (Lipinski definition) is 1. The van der Waals surface area contributed by atoms with Crippen LogP contribution in [0.15, 0.2) is 89.7 Å². The molecule has 3 aliphatic heterocycles. The van der Waals surface area contributed by atoms with Gasteiger partial charge in [-0.25, -0.2) is 0 Å². The highest BCUT2D eigenvalue weighted by atomic mass is 19.4. The van der Waals surface area contributed by atoms with Gasteiger partial charge in [-0.05, 0) is 66.6 Å². The Bertz CT molecular complexity index is 1630. The molecule has 6 rings (SSSR count). The molecule has 1 atom stereocenters. The average Bonchev–Trinajstić information content (AvgIpc) is 3.53. The summed E-state index contributed by atoms with van der Waals surface area (Å²) in [5.74, 6) is 1.19. The number of nitrogens with zero attached hydrogens (tertiary/aromatic N) is 7. The maximum absolute atomic E-state index is 14.5. The average molecular weight is 707 g/mol. The van der Waals surface area contributed by atoms with E-state index in [9.17, 15) is 18.0 Å². The van der Waals surface area contributed by atoms with E-state index in [-0.39, 0.29) is 11.7 Å². The second kappa shape index (κ2) is 17.0. The number of ether oxygens (including phenoxy) is 1. The summed E-state index contributed by atoms with van der Waals surface area (Å²) in [5, 5.41) is 11.4. The summed E-state index contributed by atoms with van der Waals surface area (Å²) in [6, 6.07) is 8.48. The third kappa shape index (κ3) is 10.1. The van der Waals surface area contributed by atoms with E-state index >= 15 is 0 Å². The molecule has 10 nitrogen and oxygen atoms in total. The Morgan fingerprint density at radius 1 is 1.02 bits per heavy atom. The van der Waals surface area contributed by atoms with Crippen LogP contribution in [0.4, 0.5) is 13.2 Å². The number of alkyl halides is 3. The number of rotatable bonds is 13. The number of allylic oxidation sites excluding steroid dienone is 3. The summed E-state index contributed by atoms with van der Waals surface area (Å²) >= 11 is 0. The molecule has 1 unspecified atom stereocenters. The van der Waals surface area contributed by atoms with Crippen LogP contribution in [-0.4, -0.2) is 112 Å². The first-order valence-electron chi connectivity index (χ1n) is 17.8. The van der Waals surface area contributed by atoms with Crippen LogP contribution in [0.25, 0.3) is 0 Å². The molecule has 1 aromatic heterocycles. The Kier molecular flexibility index (Phi) is 12.2. The number of piperidine rings is 1. The summed E-state index contributed by atoms with van der Waals surface area (Å²) in [6.07, 6.45) is 10.6. The van der Waals surface area contributed by atoms with Crippen LogP contribution in [-0.2, 0) is 36.2 Å². The molecular formula is C38H49F3N8O2. The molecule has 2 saturated heterocycles. The number of aryl methyl sites for hydroxylation is 1. The number of piperazine rings is 1. The predicted octanol–water partition coefficient (Wildman–Crippen LogP) is 4.56. The lowest BCUT2D eigenvalue weighted by molar-refractivity contribution is -0.115. The van der Waals surface area contributed by atoms with Crippen LogP contribution in [0.1, 0.15) is 36.2 Å². The topological polar surface area (TPSA) is 82.0 Å². The van der Waals surface area contributed by atoms with Gasteiger partial charge in [0.15, 0.2) is 0 Å². The molecule has 274 valence electrons. The summed E-state index contributed by atoms with van der Waals surface area (Å²) in [4.78, 5) is 19.6. The smallest absolute Gasteiger partial charge is 0.376 e. The standard InChI is InChI=1S/C38H49F3N8O2/c1-45(34-5-3-4-32(18-34)20-37-44-43-27-46(37)2)24-36-35(38(39,40)41)19-33(23-49(36)28-50)22-47-14-10-31(11-15-47)26-51-25-30-8-6-29(7-9-30)21-48-16-12-42-13-17-48/h3-4,6-9,18-19,23-24,27-28,31,34,42H,5,10-17,20-22,25-26H2,1-2H3/b36-24-. The van der Waals surface area contributed by atoms with Crippen molar-refractivity contribution in [3.63, 3.8) is 0 Å². The number of nitrogens with one attached hydrogen (secondary N) is 1. The van der Waals surface area contributed by atoms with Crippen LogP contribution < -0.4 is 5.32 Å². The van der Waals surface area contributed by atoms with Crippen molar-refractivity contribution in [1.29, 1.82) is 0 Å². The number of carbonyl (C=O) groups is 1. The highest BCUT2D eigenvalue weighted by molar-refractivity contribution is 5.61. The molecule has 0 bridgehead atoms. The molecule has 0 spiro atoms. The lowest BCUT2D eigenvalue weighted by atomic mass is 9.96. The SMILES string of the molecule is CN(/C=C1/C(C(F)(F)F)=CC(CN2CCC(COCc3ccc(CN4CCNCC4)cc3)CC2)=CN1C=O)C1C=C(Cc2nncn2C)C=CC1. The van der Waals surface area contributed by atoms with Crippen LogP contribution >= 0.6 is 0 Å². The van der Waals surface area contributed by atoms with Gasteiger partial charge in [-0.3, -0.25) is 19.5 Å². The van der Waals surface area contributed by atoms with Gasteiger partial charge in [-0.15, -0.1) is 10.2 Å². The Balaban J connectivity index is 1.00. The molecule has 0 saturated carbocycles. The second-order valence-electron chi connectivity index (χ2n) is 14.0. The molecule has 51 heavy (non-hydrogen) atoms. The van der Waals surface area contributed by atoms with Crippen LogP contribution in [0.2, 0.25) is 0 Å². The van der Waals surface area contributed by atoms with Gasteiger partial charge in [0.25, 0.3) is 0 Å². The lowest BCUT2D eigenvalue weighted by Gasteiger charge is -2.34. The van der Waals surface area contributed by atoms with Gasteiger partial charge in [0.2, 0.25) is 6.41 Å². The Morgan fingerprint density at radius 3 is 2.43 bits per heavy atom. The van der Waals surface area contributed by atoms with Crippen molar-refractivity contribution in [2.45, 2.75) is 51.1 Å². The van der Waals surface area contributed by atoms with E-state index in [4.69, 9.17) is 4.74 Å². The van der Waals surface area contributed by atoms with Gasteiger partial charge in [0.1, 0.15) is 12.2 Å². The van der Waals surface area contributed by atoms with Crippen molar-refractivity contribution >= 4 is 6.41 Å². The molecule has 4 heterocycles. The van der Waals surface area contributed by atoms with E-state index in [2.05, 4.69) is 49.6 Å². The van der Waals surface area contributed by atoms with Crippen molar-refractivity contribution in [3.05, 3.63) is 107 Å². The number of benzene rings is 1. The van der Waals surface area contributed by atoms with Crippen molar-refractivity contribution in [2.75, 3.05) is 59.5 Å². The summed E-state index contributed by atoms with van der Waals surface area (Å²) in [6.45, 7) is 8.27. The third-order valence-corrected chi connectivity index (χ3v) is 10.1. The zero-order valence-corrected chi connectivity index (χ0v) is 29.6. The Labute approximate surface area is 298 Å². The van der Waals surface area contributed by atoms with E-state index < -0.39 is 11.7 Å². The fraction of sp³-hybridized carbons (Fsp3) is 0.500. The van der Waals surface area contributed by atoms with E-state index in [1.165, 1.54) is 24.0 Å². The van der Waals surface area contributed by atoms with Crippen molar-refractivity contribution < 1.29 is 22.7 Å². The quantitative estimate of drug-likeness (QED) is 0.304. The largest absolute Gasteiger partial charge is 0.418 e. The minimum Gasteiger partial charge on any atom is -0.376 e. The molecule has 1 amide bonds. The molecular weight excluding hydrogens is 657 g/mol. The number of carbonyl (C=O) groups excluding carboxylic acids is 1. The molecule has 1 N–H and O–H groups in total. The maximum atomic E-state index is 14.5. The van der Waals surface area contributed by atoms with Crippen molar-refractivity contribution in [3.8, 4) is 0 Å². The van der Waals surface area contributed by atoms with E-state index in [0.717, 1.165) is 80.5 Å². The number of amides is 1. The van der Waals surface area contributed by atoms with Gasteiger partial charge in [-0.1, -0.05) is 42.5 Å². The van der Waals surface area contributed by atoms with Gasteiger partial charge < -0.3 is 19.5 Å². The summed E-state index contributed by atoms with van der Waals surface area (Å²) in [7, 11) is 3.61.